The number of carbonyl (C=O) groups is 2. The summed E-state index contributed by atoms with van der Waals surface area (Å²) in [6.07, 6.45) is 17.2. The van der Waals surface area contributed by atoms with Gasteiger partial charge in [-0.25, -0.2) is 4.79 Å². The van der Waals surface area contributed by atoms with E-state index < -0.39 is 16.6 Å². The number of nitrogens with one attached hydrogen (secondary N) is 1. The van der Waals surface area contributed by atoms with Gasteiger partial charge in [0.25, 0.3) is 5.69 Å². The monoisotopic (exact) mass is 512 g/mol. The molecule has 1 aromatic carbocycles. The van der Waals surface area contributed by atoms with Crippen molar-refractivity contribution in [2.75, 3.05) is 12.3 Å². The van der Waals surface area contributed by atoms with Crippen LogP contribution in [0.15, 0.2) is 23.1 Å². The molecule has 192 valence electrons. The quantitative estimate of drug-likeness (QED) is 0.0754. The number of benzene rings is 1. The first-order valence-electron chi connectivity index (χ1n) is 12.5. The molecule has 0 saturated heterocycles. The first-order chi connectivity index (χ1) is 16.5. The van der Waals surface area contributed by atoms with Crippen molar-refractivity contribution in [3.63, 3.8) is 0 Å². The minimum atomic E-state index is -1.32. The fourth-order valence-corrected chi connectivity index (χ4v) is 5.54. The van der Waals surface area contributed by atoms with Gasteiger partial charge in [-0.3, -0.25) is 14.9 Å². The summed E-state index contributed by atoms with van der Waals surface area (Å²) in [4.78, 5) is 34.0. The van der Waals surface area contributed by atoms with Gasteiger partial charge in [-0.1, -0.05) is 106 Å². The van der Waals surface area contributed by atoms with E-state index in [-0.39, 0.29) is 11.5 Å². The average Bonchev–Trinajstić information content (AvgIpc) is 2.81. The summed E-state index contributed by atoms with van der Waals surface area (Å²) in [7, 11) is 2.81. The fourth-order valence-electron chi connectivity index (χ4n) is 3.63. The first kappa shape index (κ1) is 30.3. The SMILES string of the molecule is CCCCCCCCCCCCCCCC(=O)NCCSSc1ccc([N+](=O)[O-])c(C(=O)O)c1. The lowest BCUT2D eigenvalue weighted by Crippen LogP contribution is -2.25. The highest BCUT2D eigenvalue weighted by Crippen LogP contribution is 2.33. The number of nitro groups is 1. The maximum absolute atomic E-state index is 11.9. The van der Waals surface area contributed by atoms with Crippen molar-refractivity contribution in [3.05, 3.63) is 33.9 Å². The van der Waals surface area contributed by atoms with Crippen molar-refractivity contribution in [2.24, 2.45) is 0 Å². The molecule has 0 unspecified atom stereocenters. The predicted molar refractivity (Wildman–Crippen MR) is 142 cm³/mol. The molecule has 0 aliphatic carbocycles. The van der Waals surface area contributed by atoms with Gasteiger partial charge in [0.15, 0.2) is 0 Å². The molecular weight excluding hydrogens is 472 g/mol. The van der Waals surface area contributed by atoms with E-state index in [1.165, 1.54) is 110 Å². The van der Waals surface area contributed by atoms with Crippen molar-refractivity contribution in [1.29, 1.82) is 0 Å². The van der Waals surface area contributed by atoms with Gasteiger partial charge >= 0.3 is 5.97 Å². The molecule has 0 bridgehead atoms. The Hall–Kier alpha value is -1.74. The second kappa shape index (κ2) is 19.6. The Morgan fingerprint density at radius 1 is 0.941 bits per heavy atom. The topological polar surface area (TPSA) is 110 Å². The van der Waals surface area contributed by atoms with Gasteiger partial charge in [0.05, 0.1) is 4.92 Å². The predicted octanol–water partition coefficient (Wildman–Crippen LogP) is 7.63. The maximum Gasteiger partial charge on any atom is 0.342 e. The number of aromatic carboxylic acids is 1. The number of carbonyl (C=O) groups excluding carboxylic acids is 1. The van der Waals surface area contributed by atoms with Crippen LogP contribution in [0.2, 0.25) is 0 Å². The van der Waals surface area contributed by atoms with Crippen LogP contribution in [0, 0.1) is 10.1 Å². The van der Waals surface area contributed by atoms with Crippen molar-refractivity contribution in [1.82, 2.24) is 5.32 Å². The van der Waals surface area contributed by atoms with Gasteiger partial charge in [-0.2, -0.15) is 0 Å². The fraction of sp³-hybridized carbons (Fsp3) is 0.680. The lowest BCUT2D eigenvalue weighted by Gasteiger charge is -2.06. The Bertz CT molecular complexity index is 746. The molecule has 1 amide bonds. The second-order valence-corrected chi connectivity index (χ2v) is 11.0. The number of hydrogen-bond donors (Lipinski definition) is 2. The summed E-state index contributed by atoms with van der Waals surface area (Å²) in [6, 6.07) is 4.06. The standard InChI is InChI=1S/C25H40N2O5S2/c1-2-3-4-5-6-7-8-9-10-11-12-13-14-15-24(28)26-18-19-33-34-21-16-17-23(27(31)32)22(20-21)25(29)30/h16-17,20H,2-15,18-19H2,1H3,(H,26,28)(H,29,30). The van der Waals surface area contributed by atoms with Crippen LogP contribution in [-0.4, -0.2) is 34.2 Å². The van der Waals surface area contributed by atoms with E-state index in [0.717, 1.165) is 12.8 Å². The summed E-state index contributed by atoms with van der Waals surface area (Å²) in [5.74, 6) is -0.592. The van der Waals surface area contributed by atoms with Gasteiger partial charge in [-0.15, -0.1) is 0 Å². The third-order valence-electron chi connectivity index (χ3n) is 5.57. The molecule has 0 heterocycles. The van der Waals surface area contributed by atoms with Gasteiger partial charge in [0.1, 0.15) is 5.56 Å². The molecule has 2 N–H and O–H groups in total. The zero-order valence-corrected chi connectivity index (χ0v) is 22.0. The molecule has 7 nitrogen and oxygen atoms in total. The van der Waals surface area contributed by atoms with Crippen molar-refractivity contribution in [3.8, 4) is 0 Å². The van der Waals surface area contributed by atoms with Crippen LogP contribution in [0.5, 0.6) is 0 Å². The average molecular weight is 513 g/mol. The number of carboxylic acids is 1. The molecule has 1 aromatic rings. The molecule has 9 heteroatoms. The molecule has 0 saturated carbocycles. The van der Waals surface area contributed by atoms with E-state index in [2.05, 4.69) is 12.2 Å². The Morgan fingerprint density at radius 2 is 1.50 bits per heavy atom. The van der Waals surface area contributed by atoms with Crippen LogP contribution in [0.1, 0.15) is 107 Å². The molecule has 0 fully saturated rings. The zero-order valence-electron chi connectivity index (χ0n) is 20.4. The number of nitrogens with zero attached hydrogens (tertiary/aromatic N) is 1. The molecule has 0 aromatic heterocycles. The van der Waals surface area contributed by atoms with Crippen LogP contribution in [-0.2, 0) is 4.79 Å². The highest BCUT2D eigenvalue weighted by Gasteiger charge is 2.20. The van der Waals surface area contributed by atoms with E-state index in [1.807, 2.05) is 0 Å². The van der Waals surface area contributed by atoms with Crippen molar-refractivity contribution < 1.29 is 19.6 Å². The third kappa shape index (κ3) is 14.5. The van der Waals surface area contributed by atoms with Crippen LogP contribution < -0.4 is 5.32 Å². The van der Waals surface area contributed by atoms with E-state index in [4.69, 9.17) is 5.11 Å². The summed E-state index contributed by atoms with van der Waals surface area (Å²) in [5, 5.41) is 22.9. The summed E-state index contributed by atoms with van der Waals surface area (Å²) < 4.78 is 0. The molecule has 0 atom stereocenters. The summed E-state index contributed by atoms with van der Waals surface area (Å²) >= 11 is 0. The van der Waals surface area contributed by atoms with E-state index in [9.17, 15) is 19.7 Å². The van der Waals surface area contributed by atoms with Crippen LogP contribution >= 0.6 is 21.6 Å². The zero-order chi connectivity index (χ0) is 25.0. The van der Waals surface area contributed by atoms with Crippen LogP contribution in [0.25, 0.3) is 0 Å². The van der Waals surface area contributed by atoms with E-state index in [0.29, 0.717) is 23.6 Å². The smallest absolute Gasteiger partial charge is 0.342 e. The van der Waals surface area contributed by atoms with Gasteiger partial charge in [0, 0.05) is 29.7 Å². The Labute approximate surface area is 211 Å². The lowest BCUT2D eigenvalue weighted by molar-refractivity contribution is -0.385. The Balaban J connectivity index is 1.99. The van der Waals surface area contributed by atoms with Gasteiger partial charge in [-0.05, 0) is 18.6 Å². The highest BCUT2D eigenvalue weighted by atomic mass is 33.1. The molecule has 0 radical (unpaired) electrons. The van der Waals surface area contributed by atoms with E-state index in [1.54, 1.807) is 0 Å². The van der Waals surface area contributed by atoms with Crippen molar-refractivity contribution in [2.45, 2.75) is 102 Å². The number of unbranched alkanes of at least 4 members (excludes halogenated alkanes) is 12. The number of rotatable bonds is 21. The van der Waals surface area contributed by atoms with Crippen molar-refractivity contribution >= 4 is 39.2 Å². The number of carboxylic acid groups (broad SMARTS) is 1. The van der Waals surface area contributed by atoms with Crippen LogP contribution in [0.4, 0.5) is 5.69 Å². The molecular formula is C25H40N2O5S2. The molecule has 0 spiro atoms. The van der Waals surface area contributed by atoms with Gasteiger partial charge < -0.3 is 10.4 Å². The second-order valence-electron chi connectivity index (χ2n) is 8.49. The lowest BCUT2D eigenvalue weighted by atomic mass is 10.0. The molecule has 0 aliphatic rings. The molecule has 0 aliphatic heterocycles. The minimum absolute atomic E-state index is 0.0668. The number of hydrogen-bond acceptors (Lipinski definition) is 6. The van der Waals surface area contributed by atoms with E-state index >= 15 is 0 Å². The summed E-state index contributed by atoms with van der Waals surface area (Å²) in [6.45, 7) is 2.79. The van der Waals surface area contributed by atoms with Crippen LogP contribution in [0.3, 0.4) is 0 Å². The minimum Gasteiger partial charge on any atom is -0.477 e. The Morgan fingerprint density at radius 3 is 2.03 bits per heavy atom. The number of nitro benzene ring substituents is 1. The van der Waals surface area contributed by atoms with Gasteiger partial charge in [0.2, 0.25) is 5.91 Å². The highest BCUT2D eigenvalue weighted by molar-refractivity contribution is 8.76. The largest absolute Gasteiger partial charge is 0.477 e. The summed E-state index contributed by atoms with van der Waals surface area (Å²) in [5.41, 5.74) is -0.732. The third-order valence-corrected chi connectivity index (χ3v) is 7.93. The first-order valence-corrected chi connectivity index (χ1v) is 14.9. The molecule has 1 rings (SSSR count). The number of amides is 1. The normalized spacial score (nSPS) is 10.9. The Kier molecular flexibility index (Phi) is 17.4. The molecule has 34 heavy (non-hydrogen) atoms. The maximum atomic E-state index is 11.9.